The molecule has 0 aliphatic carbocycles. The Kier molecular flexibility index (Phi) is 9.57. The fourth-order valence-corrected chi connectivity index (χ4v) is 3.78. The zero-order valence-corrected chi connectivity index (χ0v) is 24.1. The second kappa shape index (κ2) is 12.7. The van der Waals surface area contributed by atoms with Crippen molar-refractivity contribution in [3.63, 3.8) is 0 Å². The van der Waals surface area contributed by atoms with Gasteiger partial charge in [0.05, 0.1) is 13.3 Å². The summed E-state index contributed by atoms with van der Waals surface area (Å²) in [6.45, 7) is 10.6. The molecule has 1 atom stereocenters. The Bertz CT molecular complexity index is 1320. The summed E-state index contributed by atoms with van der Waals surface area (Å²) in [7, 11) is 1.51. The standard InChI is InChI=1S/C30H38N4O6/c1-29(2,3)39-27(36)33-24(16-13-20-11-9-8-10-12-20)26(35)32-22-14-15-23(25(17-22)38-7)21-18-31-34(19-21)28(37)40-30(4,5)6/h8-12,14-15,17-19,24H,13,16H2,1-7H3,(H,32,35)(H,33,36)/t24-/m1/s1. The van der Waals surface area contributed by atoms with Crippen molar-refractivity contribution in [2.75, 3.05) is 12.4 Å². The Morgan fingerprint density at radius 3 is 2.25 bits per heavy atom. The first-order valence-corrected chi connectivity index (χ1v) is 13.0. The van der Waals surface area contributed by atoms with Crippen molar-refractivity contribution in [2.24, 2.45) is 0 Å². The van der Waals surface area contributed by atoms with Crippen molar-refractivity contribution < 1.29 is 28.6 Å². The summed E-state index contributed by atoms with van der Waals surface area (Å²) in [6.07, 6.45) is 2.77. The van der Waals surface area contributed by atoms with Crippen LogP contribution < -0.4 is 15.4 Å². The van der Waals surface area contributed by atoms with Crippen molar-refractivity contribution >= 4 is 23.8 Å². The van der Waals surface area contributed by atoms with Crippen molar-refractivity contribution in [2.45, 2.75) is 71.6 Å². The molecule has 0 saturated heterocycles. The molecule has 1 heterocycles. The minimum Gasteiger partial charge on any atom is -0.496 e. The molecule has 0 unspecified atom stereocenters. The van der Waals surface area contributed by atoms with E-state index in [4.69, 9.17) is 14.2 Å². The summed E-state index contributed by atoms with van der Waals surface area (Å²) in [4.78, 5) is 38.1. The van der Waals surface area contributed by atoms with Crippen LogP contribution in [0.5, 0.6) is 5.75 Å². The van der Waals surface area contributed by atoms with Crippen LogP contribution in [0.25, 0.3) is 11.1 Å². The molecule has 10 nitrogen and oxygen atoms in total. The van der Waals surface area contributed by atoms with E-state index >= 15 is 0 Å². The summed E-state index contributed by atoms with van der Waals surface area (Å²) in [6, 6.07) is 14.0. The van der Waals surface area contributed by atoms with Gasteiger partial charge in [-0.3, -0.25) is 4.79 Å². The van der Waals surface area contributed by atoms with Crippen LogP contribution in [0.4, 0.5) is 15.3 Å². The Morgan fingerprint density at radius 2 is 1.62 bits per heavy atom. The maximum absolute atomic E-state index is 13.3. The summed E-state index contributed by atoms with van der Waals surface area (Å²) in [5.41, 5.74) is 1.46. The number of alkyl carbamates (subject to hydrolysis) is 1. The van der Waals surface area contributed by atoms with Gasteiger partial charge in [0.25, 0.3) is 0 Å². The smallest absolute Gasteiger partial charge is 0.435 e. The molecular formula is C30H38N4O6. The number of nitrogens with one attached hydrogen (secondary N) is 2. The number of hydrogen-bond donors (Lipinski definition) is 2. The quantitative estimate of drug-likeness (QED) is 0.363. The summed E-state index contributed by atoms with van der Waals surface area (Å²) in [5, 5.41) is 9.67. The van der Waals surface area contributed by atoms with Gasteiger partial charge >= 0.3 is 12.2 Å². The van der Waals surface area contributed by atoms with Crippen LogP contribution in [-0.2, 0) is 20.7 Å². The van der Waals surface area contributed by atoms with Gasteiger partial charge in [-0.25, -0.2) is 9.59 Å². The van der Waals surface area contributed by atoms with Gasteiger partial charge in [0.15, 0.2) is 0 Å². The number of nitrogens with zero attached hydrogens (tertiary/aromatic N) is 2. The molecule has 10 heteroatoms. The number of rotatable bonds is 8. The van der Waals surface area contributed by atoms with E-state index in [1.165, 1.54) is 13.3 Å². The van der Waals surface area contributed by atoms with E-state index in [0.29, 0.717) is 35.4 Å². The van der Waals surface area contributed by atoms with E-state index in [2.05, 4.69) is 15.7 Å². The Balaban J connectivity index is 1.77. The zero-order valence-electron chi connectivity index (χ0n) is 24.1. The van der Waals surface area contributed by atoms with Crippen LogP contribution in [0, 0.1) is 0 Å². The number of amides is 2. The fraction of sp³-hybridized carbons (Fsp3) is 0.400. The third kappa shape index (κ3) is 9.14. The SMILES string of the molecule is COc1cc(NC(=O)[C@@H](CCc2ccccc2)NC(=O)OC(C)(C)C)ccc1-c1cnn(C(=O)OC(C)(C)C)c1. The van der Waals surface area contributed by atoms with E-state index in [1.54, 1.807) is 65.9 Å². The Hall–Kier alpha value is -4.34. The average Bonchev–Trinajstić information content (AvgIpc) is 3.35. The van der Waals surface area contributed by atoms with Gasteiger partial charge in [0.2, 0.25) is 5.91 Å². The number of aryl methyl sites for hydroxylation is 1. The summed E-state index contributed by atoms with van der Waals surface area (Å²) < 4.78 is 17.4. The Labute approximate surface area is 235 Å². The second-order valence-corrected chi connectivity index (χ2v) is 11.3. The molecule has 0 bridgehead atoms. The van der Waals surface area contributed by atoms with Gasteiger partial charge in [0.1, 0.15) is 23.0 Å². The number of carbonyl (C=O) groups excluding carboxylic acids is 3. The first-order chi connectivity index (χ1) is 18.7. The molecule has 40 heavy (non-hydrogen) atoms. The van der Waals surface area contributed by atoms with Gasteiger partial charge in [0, 0.05) is 29.1 Å². The number of anilines is 1. The lowest BCUT2D eigenvalue weighted by Crippen LogP contribution is -2.46. The molecule has 1 aromatic heterocycles. The zero-order chi connectivity index (χ0) is 29.5. The van der Waals surface area contributed by atoms with Gasteiger partial charge in [-0.15, -0.1) is 0 Å². The van der Waals surface area contributed by atoms with Gasteiger partial charge < -0.3 is 24.8 Å². The molecular weight excluding hydrogens is 512 g/mol. The van der Waals surface area contributed by atoms with Crippen LogP contribution in [0.2, 0.25) is 0 Å². The highest BCUT2D eigenvalue weighted by Gasteiger charge is 2.25. The number of methoxy groups -OCH3 is 1. The van der Waals surface area contributed by atoms with Crippen molar-refractivity contribution in [1.82, 2.24) is 15.1 Å². The molecule has 0 saturated carbocycles. The molecule has 0 radical (unpaired) electrons. The highest BCUT2D eigenvalue weighted by atomic mass is 16.6. The summed E-state index contributed by atoms with van der Waals surface area (Å²) >= 11 is 0. The molecule has 3 aromatic rings. The number of carbonyl (C=O) groups is 3. The van der Waals surface area contributed by atoms with Crippen LogP contribution in [0.15, 0.2) is 60.9 Å². The predicted octanol–water partition coefficient (Wildman–Crippen LogP) is 5.81. The maximum atomic E-state index is 13.3. The molecule has 2 N–H and O–H groups in total. The van der Waals surface area contributed by atoms with E-state index in [1.807, 2.05) is 30.3 Å². The van der Waals surface area contributed by atoms with Crippen molar-refractivity contribution in [1.29, 1.82) is 0 Å². The molecule has 0 fully saturated rings. The van der Waals surface area contributed by atoms with Crippen LogP contribution in [0.3, 0.4) is 0 Å². The topological polar surface area (TPSA) is 121 Å². The second-order valence-electron chi connectivity index (χ2n) is 11.3. The first kappa shape index (κ1) is 30.2. The number of aromatic nitrogens is 2. The van der Waals surface area contributed by atoms with Crippen molar-refractivity contribution in [3.8, 4) is 16.9 Å². The number of ether oxygens (including phenoxy) is 3. The van der Waals surface area contributed by atoms with Crippen molar-refractivity contribution in [3.05, 3.63) is 66.5 Å². The normalized spacial score (nSPS) is 12.3. The first-order valence-electron chi connectivity index (χ1n) is 13.0. The fourth-order valence-electron chi connectivity index (χ4n) is 3.78. The molecule has 214 valence electrons. The van der Waals surface area contributed by atoms with Gasteiger partial charge in [-0.05, 0) is 72.1 Å². The highest BCUT2D eigenvalue weighted by Crippen LogP contribution is 2.32. The Morgan fingerprint density at radius 1 is 0.950 bits per heavy atom. The third-order valence-corrected chi connectivity index (χ3v) is 5.52. The lowest BCUT2D eigenvalue weighted by atomic mass is 10.0. The lowest BCUT2D eigenvalue weighted by molar-refractivity contribution is -0.118. The van der Waals surface area contributed by atoms with Crippen LogP contribution >= 0.6 is 0 Å². The average molecular weight is 551 g/mol. The van der Waals surface area contributed by atoms with Gasteiger partial charge in [-0.1, -0.05) is 30.3 Å². The monoisotopic (exact) mass is 550 g/mol. The molecule has 2 aromatic carbocycles. The molecule has 3 rings (SSSR count). The predicted molar refractivity (Wildman–Crippen MR) is 152 cm³/mol. The molecule has 2 amide bonds. The third-order valence-electron chi connectivity index (χ3n) is 5.52. The molecule has 0 spiro atoms. The highest BCUT2D eigenvalue weighted by molar-refractivity contribution is 5.97. The van der Waals surface area contributed by atoms with E-state index in [9.17, 15) is 14.4 Å². The summed E-state index contributed by atoms with van der Waals surface area (Å²) in [5.74, 6) is 0.0665. The van der Waals surface area contributed by atoms with Crippen LogP contribution in [0.1, 0.15) is 53.5 Å². The molecule has 0 aliphatic heterocycles. The minimum atomic E-state index is -0.840. The van der Waals surface area contributed by atoms with Gasteiger partial charge in [-0.2, -0.15) is 9.78 Å². The minimum absolute atomic E-state index is 0.369. The van der Waals surface area contributed by atoms with E-state index < -0.39 is 35.3 Å². The van der Waals surface area contributed by atoms with Crippen LogP contribution in [-0.4, -0.2) is 52.2 Å². The molecule has 0 aliphatic rings. The van der Waals surface area contributed by atoms with E-state index in [-0.39, 0.29) is 0 Å². The lowest BCUT2D eigenvalue weighted by Gasteiger charge is -2.23. The largest absolute Gasteiger partial charge is 0.496 e. The maximum Gasteiger partial charge on any atom is 0.435 e. The number of benzene rings is 2. The number of hydrogen-bond acceptors (Lipinski definition) is 7. The van der Waals surface area contributed by atoms with E-state index in [0.717, 1.165) is 10.2 Å².